The highest BCUT2D eigenvalue weighted by molar-refractivity contribution is 5.90. The molecule has 0 aliphatic heterocycles. The maximum absolute atomic E-state index is 3.39. The van der Waals surface area contributed by atoms with Gasteiger partial charge in [0.1, 0.15) is 0 Å². The van der Waals surface area contributed by atoms with Gasteiger partial charge >= 0.3 is 0 Å². The number of nitrogens with one attached hydrogen (secondary N) is 1. The lowest BCUT2D eigenvalue weighted by Crippen LogP contribution is -2.28. The summed E-state index contributed by atoms with van der Waals surface area (Å²) in [6.07, 6.45) is 12.4. The van der Waals surface area contributed by atoms with Gasteiger partial charge in [0, 0.05) is 28.9 Å². The first-order chi connectivity index (χ1) is 31.3. The Hall–Kier alpha value is -8.20. The van der Waals surface area contributed by atoms with Gasteiger partial charge in [-0.15, -0.1) is 0 Å². The third kappa shape index (κ3) is 7.83. The molecule has 10 rings (SSSR count). The Labute approximate surface area is 371 Å². The molecule has 0 atom stereocenters. The number of benzene rings is 9. The summed E-state index contributed by atoms with van der Waals surface area (Å²) in [6.45, 7) is 0. The van der Waals surface area contributed by atoms with Crippen LogP contribution in [0.25, 0.3) is 39.5 Å². The van der Waals surface area contributed by atoms with Crippen LogP contribution in [0.2, 0.25) is 0 Å². The highest BCUT2D eigenvalue weighted by atomic mass is 15.1. The first kappa shape index (κ1) is 39.0. The molecule has 0 saturated heterocycles. The van der Waals surface area contributed by atoms with E-state index in [1.54, 1.807) is 0 Å². The van der Waals surface area contributed by atoms with Gasteiger partial charge in [-0.05, 0) is 122 Å². The Morgan fingerprint density at radius 3 is 1.38 bits per heavy atom. The van der Waals surface area contributed by atoms with Crippen LogP contribution < -0.4 is 10.2 Å². The third-order valence-corrected chi connectivity index (χ3v) is 12.0. The van der Waals surface area contributed by atoms with E-state index in [0.29, 0.717) is 0 Å². The first-order valence-corrected chi connectivity index (χ1v) is 21.6. The van der Waals surface area contributed by atoms with Crippen LogP contribution >= 0.6 is 0 Å². The maximum Gasteiger partial charge on any atom is 0.0714 e. The maximum atomic E-state index is 3.39. The summed E-state index contributed by atoms with van der Waals surface area (Å²) >= 11 is 0. The van der Waals surface area contributed by atoms with Crippen molar-refractivity contribution in [3.63, 3.8) is 0 Å². The standard InChI is InChI=1S/C61H46N2/c1(2-19-43-62-53-36-32-49(33-37-53)47-21-9-3-10-22-47)8-20-46-31-41-57-58-42-40-56(45-60(58)61(59(57)44-46,51-25-13-5-14-26-51)52-27-15-6-16-28-52)63(54-29-17-7-18-30-54)55-38-34-50(35-39-55)48-23-11-4-12-24-48/h1-45,62H/b2-1-,20-8-,43-19+. The Kier molecular flexibility index (Phi) is 11.0. The lowest BCUT2D eigenvalue weighted by atomic mass is 9.67. The molecule has 9 aromatic carbocycles. The molecule has 0 heterocycles. The lowest BCUT2D eigenvalue weighted by molar-refractivity contribution is 0.768. The monoisotopic (exact) mass is 806 g/mol. The molecule has 1 aliphatic rings. The molecule has 9 aromatic rings. The third-order valence-electron chi connectivity index (χ3n) is 12.0. The summed E-state index contributed by atoms with van der Waals surface area (Å²) in [6, 6.07) is 85.3. The van der Waals surface area contributed by atoms with Crippen LogP contribution in [-0.2, 0) is 5.41 Å². The fraction of sp³-hybridized carbons (Fsp3) is 0.0164. The molecule has 0 bridgehead atoms. The number of anilines is 4. The van der Waals surface area contributed by atoms with Crippen LogP contribution in [0, 0.1) is 0 Å². The quantitative estimate of drug-likeness (QED) is 0.124. The molecular formula is C61H46N2. The van der Waals surface area contributed by atoms with Gasteiger partial charge in [-0.1, -0.05) is 206 Å². The van der Waals surface area contributed by atoms with Crippen molar-refractivity contribution < 1.29 is 0 Å². The second-order valence-corrected chi connectivity index (χ2v) is 15.8. The van der Waals surface area contributed by atoms with E-state index >= 15 is 0 Å². The van der Waals surface area contributed by atoms with Gasteiger partial charge < -0.3 is 10.2 Å². The summed E-state index contributed by atoms with van der Waals surface area (Å²) in [4.78, 5) is 2.38. The van der Waals surface area contributed by atoms with E-state index in [1.807, 2.05) is 18.3 Å². The fourth-order valence-electron chi connectivity index (χ4n) is 9.08. The number of nitrogens with zero attached hydrogens (tertiary/aromatic N) is 1. The van der Waals surface area contributed by atoms with Crippen molar-refractivity contribution >= 4 is 28.8 Å². The summed E-state index contributed by atoms with van der Waals surface area (Å²) < 4.78 is 0. The topological polar surface area (TPSA) is 15.3 Å². The van der Waals surface area contributed by atoms with E-state index in [4.69, 9.17) is 0 Å². The van der Waals surface area contributed by atoms with Crippen molar-refractivity contribution in [3.8, 4) is 33.4 Å². The minimum atomic E-state index is -0.559. The summed E-state index contributed by atoms with van der Waals surface area (Å²) in [5, 5.41) is 3.39. The molecule has 300 valence electrons. The number of hydrogen-bond acceptors (Lipinski definition) is 2. The van der Waals surface area contributed by atoms with Crippen molar-refractivity contribution in [1.29, 1.82) is 0 Å². The Balaban J connectivity index is 0.998. The summed E-state index contributed by atoms with van der Waals surface area (Å²) in [5.41, 5.74) is 17.3. The molecule has 0 aromatic heterocycles. The predicted molar refractivity (Wildman–Crippen MR) is 267 cm³/mol. The van der Waals surface area contributed by atoms with E-state index < -0.39 is 5.41 Å². The summed E-state index contributed by atoms with van der Waals surface area (Å²) in [7, 11) is 0. The van der Waals surface area contributed by atoms with Gasteiger partial charge in [0.15, 0.2) is 0 Å². The average molecular weight is 807 g/mol. The minimum absolute atomic E-state index is 0.559. The van der Waals surface area contributed by atoms with Crippen LogP contribution in [0.1, 0.15) is 27.8 Å². The van der Waals surface area contributed by atoms with Crippen LogP contribution in [0.15, 0.2) is 267 Å². The van der Waals surface area contributed by atoms with E-state index in [-0.39, 0.29) is 0 Å². The van der Waals surface area contributed by atoms with Gasteiger partial charge in [0.2, 0.25) is 0 Å². The minimum Gasteiger partial charge on any atom is -0.362 e. The predicted octanol–water partition coefficient (Wildman–Crippen LogP) is 16.0. The zero-order valence-electron chi connectivity index (χ0n) is 34.9. The molecular weight excluding hydrogens is 761 g/mol. The van der Waals surface area contributed by atoms with Crippen LogP contribution in [0.5, 0.6) is 0 Å². The van der Waals surface area contributed by atoms with Gasteiger partial charge in [0.25, 0.3) is 0 Å². The highest BCUT2D eigenvalue weighted by Gasteiger charge is 2.46. The second-order valence-electron chi connectivity index (χ2n) is 15.8. The van der Waals surface area contributed by atoms with Crippen molar-refractivity contribution in [3.05, 3.63) is 295 Å². The molecule has 2 heteroatoms. The number of hydrogen-bond donors (Lipinski definition) is 1. The van der Waals surface area contributed by atoms with Crippen molar-refractivity contribution in [2.45, 2.75) is 5.41 Å². The van der Waals surface area contributed by atoms with Gasteiger partial charge in [0.05, 0.1) is 5.41 Å². The van der Waals surface area contributed by atoms with Gasteiger partial charge in [-0.3, -0.25) is 0 Å². The molecule has 0 unspecified atom stereocenters. The smallest absolute Gasteiger partial charge is 0.0714 e. The molecule has 1 aliphatic carbocycles. The number of rotatable bonds is 12. The van der Waals surface area contributed by atoms with Crippen LogP contribution in [0.4, 0.5) is 22.7 Å². The molecule has 0 saturated carbocycles. The Bertz CT molecular complexity index is 2990. The zero-order valence-corrected chi connectivity index (χ0v) is 34.9. The Morgan fingerprint density at radius 2 is 0.794 bits per heavy atom. The largest absolute Gasteiger partial charge is 0.362 e. The molecule has 2 nitrogen and oxygen atoms in total. The molecule has 63 heavy (non-hydrogen) atoms. The van der Waals surface area contributed by atoms with Gasteiger partial charge in [-0.2, -0.15) is 0 Å². The van der Waals surface area contributed by atoms with E-state index in [9.17, 15) is 0 Å². The second kappa shape index (κ2) is 17.8. The Morgan fingerprint density at radius 1 is 0.349 bits per heavy atom. The van der Waals surface area contributed by atoms with Crippen molar-refractivity contribution in [2.75, 3.05) is 10.2 Å². The number of para-hydroxylation sites is 1. The van der Waals surface area contributed by atoms with E-state index in [0.717, 1.165) is 28.3 Å². The van der Waals surface area contributed by atoms with Crippen LogP contribution in [0.3, 0.4) is 0 Å². The fourth-order valence-corrected chi connectivity index (χ4v) is 9.08. The highest BCUT2D eigenvalue weighted by Crippen LogP contribution is 2.57. The zero-order chi connectivity index (χ0) is 42.3. The normalized spacial score (nSPS) is 12.7. The van der Waals surface area contributed by atoms with Gasteiger partial charge in [-0.25, -0.2) is 0 Å². The van der Waals surface area contributed by atoms with Crippen molar-refractivity contribution in [2.24, 2.45) is 0 Å². The van der Waals surface area contributed by atoms with E-state index in [2.05, 4.69) is 265 Å². The molecule has 0 amide bonds. The first-order valence-electron chi connectivity index (χ1n) is 21.6. The number of allylic oxidation sites excluding steroid dienone is 4. The van der Waals surface area contributed by atoms with Crippen molar-refractivity contribution in [1.82, 2.24) is 0 Å². The molecule has 1 N–H and O–H groups in total. The SMILES string of the molecule is C(/C=C\c1ccc2c(c1)C(c1ccccc1)(c1ccccc1)c1cc(N(c3ccccc3)c3ccc(-c4ccccc4)cc3)ccc1-2)=C/C=C/Nc1ccc(-c2ccccc2)cc1. The average Bonchev–Trinajstić information content (AvgIpc) is 3.65. The molecule has 0 radical (unpaired) electrons. The number of fused-ring (bicyclic) bond motifs is 3. The van der Waals surface area contributed by atoms with E-state index in [1.165, 1.54) is 55.6 Å². The van der Waals surface area contributed by atoms with Crippen LogP contribution in [-0.4, -0.2) is 0 Å². The molecule has 0 spiro atoms. The molecule has 0 fully saturated rings. The summed E-state index contributed by atoms with van der Waals surface area (Å²) in [5.74, 6) is 0. The lowest BCUT2D eigenvalue weighted by Gasteiger charge is -2.35.